The molecule has 0 aliphatic carbocycles. The van der Waals surface area contributed by atoms with Gasteiger partial charge in [-0.2, -0.15) is 4.52 Å². The molecule has 1 amide bonds. The number of hydrogen-bond acceptors (Lipinski definition) is 8. The van der Waals surface area contributed by atoms with E-state index in [9.17, 15) is 4.79 Å². The highest BCUT2D eigenvalue weighted by atomic mass is 16.5. The SMILES string of the molecule is COc1ccnc(-c2nnc3ccc(N4CCN(C(=O)c5ccco5)CC4)nn23)c1. The number of piperazine rings is 1. The standard InChI is InChI=1S/C20H19N7O3/c1-29-14-6-7-21-15(13-14)19-23-22-17-4-5-18(24-27(17)19)25-8-10-26(11-9-25)20(28)16-3-2-12-30-16/h2-7,12-13H,8-11H2,1H3. The van der Waals surface area contributed by atoms with Gasteiger partial charge >= 0.3 is 0 Å². The maximum absolute atomic E-state index is 12.5. The van der Waals surface area contributed by atoms with Crippen LogP contribution >= 0.6 is 0 Å². The van der Waals surface area contributed by atoms with E-state index in [0.717, 1.165) is 5.82 Å². The third kappa shape index (κ3) is 3.21. The molecule has 1 saturated heterocycles. The Morgan fingerprint density at radius 1 is 1.10 bits per heavy atom. The number of pyridine rings is 1. The Kier molecular flexibility index (Phi) is 4.51. The number of hydrogen-bond donors (Lipinski definition) is 0. The molecule has 4 aromatic heterocycles. The van der Waals surface area contributed by atoms with Crippen molar-refractivity contribution in [2.75, 3.05) is 38.2 Å². The van der Waals surface area contributed by atoms with Crippen LogP contribution in [0.3, 0.4) is 0 Å². The van der Waals surface area contributed by atoms with Crippen molar-refractivity contribution < 1.29 is 13.9 Å². The van der Waals surface area contributed by atoms with Crippen LogP contribution in [0.2, 0.25) is 0 Å². The van der Waals surface area contributed by atoms with E-state index < -0.39 is 0 Å². The van der Waals surface area contributed by atoms with E-state index in [1.807, 2.05) is 12.1 Å². The Bertz CT molecular complexity index is 1180. The van der Waals surface area contributed by atoms with Crippen molar-refractivity contribution in [2.45, 2.75) is 0 Å². The molecule has 1 aliphatic rings. The van der Waals surface area contributed by atoms with Crippen LogP contribution in [0.5, 0.6) is 5.75 Å². The predicted octanol–water partition coefficient (Wildman–Crippen LogP) is 1.75. The number of nitrogens with zero attached hydrogens (tertiary/aromatic N) is 7. The number of methoxy groups -OCH3 is 1. The first-order valence-electron chi connectivity index (χ1n) is 9.53. The first-order valence-corrected chi connectivity index (χ1v) is 9.53. The Hall–Kier alpha value is -3.95. The van der Waals surface area contributed by atoms with E-state index in [-0.39, 0.29) is 5.91 Å². The van der Waals surface area contributed by atoms with E-state index in [4.69, 9.17) is 14.3 Å². The molecule has 1 fully saturated rings. The summed E-state index contributed by atoms with van der Waals surface area (Å²) in [7, 11) is 1.60. The number of anilines is 1. The molecule has 4 aromatic rings. The van der Waals surface area contributed by atoms with E-state index >= 15 is 0 Å². The molecule has 0 atom stereocenters. The average molecular weight is 405 g/mol. The summed E-state index contributed by atoms with van der Waals surface area (Å²) in [5.41, 5.74) is 1.25. The lowest BCUT2D eigenvalue weighted by molar-refractivity contribution is 0.0714. The van der Waals surface area contributed by atoms with Crippen LogP contribution in [-0.4, -0.2) is 68.9 Å². The maximum atomic E-state index is 12.5. The topological polar surface area (TPSA) is 102 Å². The maximum Gasteiger partial charge on any atom is 0.289 e. The van der Waals surface area contributed by atoms with Crippen LogP contribution in [0, 0.1) is 0 Å². The molecule has 30 heavy (non-hydrogen) atoms. The molecule has 1 aliphatic heterocycles. The number of ether oxygens (including phenoxy) is 1. The minimum atomic E-state index is -0.0896. The molecule has 0 saturated carbocycles. The van der Waals surface area contributed by atoms with Gasteiger partial charge < -0.3 is 19.0 Å². The van der Waals surface area contributed by atoms with Crippen molar-refractivity contribution in [3.05, 3.63) is 54.6 Å². The Labute approximate surface area is 171 Å². The number of fused-ring (bicyclic) bond motifs is 1. The molecule has 10 heteroatoms. The van der Waals surface area contributed by atoms with Crippen LogP contribution in [0.1, 0.15) is 10.6 Å². The normalized spacial score (nSPS) is 14.3. The first-order chi connectivity index (χ1) is 14.7. The van der Waals surface area contributed by atoms with E-state index in [1.54, 1.807) is 47.0 Å². The molecule has 0 aromatic carbocycles. The van der Waals surface area contributed by atoms with Gasteiger partial charge in [0.25, 0.3) is 5.91 Å². The molecule has 5 rings (SSSR count). The minimum absolute atomic E-state index is 0.0896. The van der Waals surface area contributed by atoms with Gasteiger partial charge in [0.05, 0.1) is 13.4 Å². The lowest BCUT2D eigenvalue weighted by Gasteiger charge is -2.34. The highest BCUT2D eigenvalue weighted by Crippen LogP contribution is 2.22. The second-order valence-corrected chi connectivity index (χ2v) is 6.82. The van der Waals surface area contributed by atoms with E-state index in [2.05, 4.69) is 20.1 Å². The fraction of sp³-hybridized carbons (Fsp3) is 0.250. The Morgan fingerprint density at radius 2 is 1.97 bits per heavy atom. The third-order valence-corrected chi connectivity index (χ3v) is 5.07. The highest BCUT2D eigenvalue weighted by molar-refractivity contribution is 5.91. The summed E-state index contributed by atoms with van der Waals surface area (Å²) in [6.45, 7) is 2.51. The van der Waals surface area contributed by atoms with Crippen molar-refractivity contribution in [1.82, 2.24) is 29.7 Å². The van der Waals surface area contributed by atoms with Crippen molar-refractivity contribution in [2.24, 2.45) is 0 Å². The molecule has 152 valence electrons. The zero-order valence-electron chi connectivity index (χ0n) is 16.3. The van der Waals surface area contributed by atoms with Gasteiger partial charge in [0.2, 0.25) is 5.82 Å². The van der Waals surface area contributed by atoms with Gasteiger partial charge in [0.1, 0.15) is 17.3 Å². The molecule has 0 bridgehead atoms. The van der Waals surface area contributed by atoms with Gasteiger partial charge in [-0.05, 0) is 30.3 Å². The fourth-order valence-corrected chi connectivity index (χ4v) is 3.46. The van der Waals surface area contributed by atoms with Gasteiger partial charge in [-0.1, -0.05) is 0 Å². The van der Waals surface area contributed by atoms with Crippen molar-refractivity contribution >= 4 is 17.4 Å². The second-order valence-electron chi connectivity index (χ2n) is 6.82. The monoisotopic (exact) mass is 405 g/mol. The number of carbonyl (C=O) groups excluding carboxylic acids is 1. The Morgan fingerprint density at radius 3 is 2.73 bits per heavy atom. The Balaban J connectivity index is 1.37. The summed E-state index contributed by atoms with van der Waals surface area (Å²) >= 11 is 0. The quantitative estimate of drug-likeness (QED) is 0.506. The molecular weight excluding hydrogens is 386 g/mol. The molecule has 10 nitrogen and oxygen atoms in total. The molecule has 0 radical (unpaired) electrons. The lowest BCUT2D eigenvalue weighted by Crippen LogP contribution is -2.49. The molecule has 0 spiro atoms. The number of carbonyl (C=O) groups is 1. The van der Waals surface area contributed by atoms with Crippen LogP contribution in [0.25, 0.3) is 17.2 Å². The highest BCUT2D eigenvalue weighted by Gasteiger charge is 2.25. The fourth-order valence-electron chi connectivity index (χ4n) is 3.46. The number of aromatic nitrogens is 5. The molecule has 0 N–H and O–H groups in total. The van der Waals surface area contributed by atoms with E-state index in [0.29, 0.717) is 54.9 Å². The minimum Gasteiger partial charge on any atom is -0.497 e. The van der Waals surface area contributed by atoms with Crippen molar-refractivity contribution in [1.29, 1.82) is 0 Å². The van der Waals surface area contributed by atoms with Gasteiger partial charge in [-0.3, -0.25) is 9.78 Å². The van der Waals surface area contributed by atoms with Gasteiger partial charge in [0, 0.05) is 38.4 Å². The number of rotatable bonds is 4. The van der Waals surface area contributed by atoms with Crippen molar-refractivity contribution in [3.8, 4) is 17.3 Å². The van der Waals surface area contributed by atoms with E-state index in [1.165, 1.54) is 6.26 Å². The molecule has 0 unspecified atom stereocenters. The summed E-state index contributed by atoms with van der Waals surface area (Å²) in [5, 5.41) is 13.2. The number of amides is 1. The number of furan rings is 1. The van der Waals surface area contributed by atoms with Crippen LogP contribution < -0.4 is 9.64 Å². The second kappa shape index (κ2) is 7.47. The summed E-state index contributed by atoms with van der Waals surface area (Å²) in [4.78, 5) is 20.7. The van der Waals surface area contributed by atoms with Crippen LogP contribution in [0.15, 0.2) is 53.3 Å². The van der Waals surface area contributed by atoms with Gasteiger partial charge in [0.15, 0.2) is 11.4 Å². The largest absolute Gasteiger partial charge is 0.497 e. The first kappa shape index (κ1) is 18.1. The summed E-state index contributed by atoms with van der Waals surface area (Å²) in [6.07, 6.45) is 3.17. The summed E-state index contributed by atoms with van der Waals surface area (Å²) in [6, 6.07) is 10.8. The van der Waals surface area contributed by atoms with Gasteiger partial charge in [-0.25, -0.2) is 0 Å². The summed E-state index contributed by atoms with van der Waals surface area (Å²) in [5.74, 6) is 2.29. The predicted molar refractivity (Wildman–Crippen MR) is 107 cm³/mol. The van der Waals surface area contributed by atoms with Gasteiger partial charge in [-0.15, -0.1) is 15.3 Å². The summed E-state index contributed by atoms with van der Waals surface area (Å²) < 4.78 is 12.2. The smallest absolute Gasteiger partial charge is 0.289 e. The zero-order valence-corrected chi connectivity index (χ0v) is 16.3. The molecular formula is C20H19N7O3. The molecule has 5 heterocycles. The zero-order chi connectivity index (χ0) is 20.5. The lowest BCUT2D eigenvalue weighted by atomic mass is 10.3. The average Bonchev–Trinajstić information content (AvgIpc) is 3.48. The van der Waals surface area contributed by atoms with Crippen LogP contribution in [0.4, 0.5) is 5.82 Å². The van der Waals surface area contributed by atoms with Crippen molar-refractivity contribution in [3.63, 3.8) is 0 Å². The third-order valence-electron chi connectivity index (χ3n) is 5.07. The van der Waals surface area contributed by atoms with Crippen LogP contribution in [-0.2, 0) is 0 Å².